The number of aryl methyl sites for hydroxylation is 2. The molecular formula is C11H16O. The highest BCUT2D eigenvalue weighted by molar-refractivity contribution is 5.25. The number of aliphatic hydroxyl groups is 1. The van der Waals surface area contributed by atoms with Gasteiger partial charge in [0, 0.05) is 0 Å². The van der Waals surface area contributed by atoms with Gasteiger partial charge in [-0.2, -0.15) is 0 Å². The van der Waals surface area contributed by atoms with Gasteiger partial charge in [0.15, 0.2) is 0 Å². The maximum absolute atomic E-state index is 9.10. The Labute approximate surface area is 74.1 Å². The minimum Gasteiger partial charge on any atom is -0.393 e. The van der Waals surface area contributed by atoms with Gasteiger partial charge in [-0.1, -0.05) is 24.3 Å². The fourth-order valence-electron chi connectivity index (χ4n) is 1.25. The van der Waals surface area contributed by atoms with Crippen LogP contribution in [-0.2, 0) is 6.42 Å². The normalized spacial score (nSPS) is 12.9. The van der Waals surface area contributed by atoms with Gasteiger partial charge in [-0.05, 0) is 37.8 Å². The first-order valence-electron chi connectivity index (χ1n) is 4.42. The van der Waals surface area contributed by atoms with E-state index in [9.17, 15) is 0 Å². The summed E-state index contributed by atoms with van der Waals surface area (Å²) < 4.78 is 0. The average molecular weight is 164 g/mol. The standard InChI is InChI=1S/C11H16O/c1-9-5-3-4-6-11(9)8-7-10(2)12/h3-6,10,12H,7-8H2,1-2H3. The molecule has 0 spiro atoms. The highest BCUT2D eigenvalue weighted by Gasteiger charge is 1.99. The molecule has 0 fully saturated rings. The highest BCUT2D eigenvalue weighted by atomic mass is 16.3. The van der Waals surface area contributed by atoms with E-state index in [-0.39, 0.29) is 6.10 Å². The first-order chi connectivity index (χ1) is 5.70. The van der Waals surface area contributed by atoms with Crippen molar-refractivity contribution in [3.63, 3.8) is 0 Å². The van der Waals surface area contributed by atoms with Gasteiger partial charge in [0.05, 0.1) is 6.10 Å². The molecule has 0 amide bonds. The summed E-state index contributed by atoms with van der Waals surface area (Å²) in [5.74, 6) is 0. The van der Waals surface area contributed by atoms with Crippen LogP contribution in [0.15, 0.2) is 24.3 Å². The lowest BCUT2D eigenvalue weighted by molar-refractivity contribution is 0.185. The Morgan fingerprint density at radius 3 is 2.58 bits per heavy atom. The maximum atomic E-state index is 9.10. The molecule has 0 aliphatic heterocycles. The Bertz CT molecular complexity index is 241. The molecule has 1 heteroatoms. The molecule has 0 bridgehead atoms. The molecule has 1 atom stereocenters. The monoisotopic (exact) mass is 164 g/mol. The zero-order valence-electron chi connectivity index (χ0n) is 7.75. The third-order valence-corrected chi connectivity index (χ3v) is 2.09. The molecule has 0 heterocycles. The van der Waals surface area contributed by atoms with E-state index in [0.717, 1.165) is 12.8 Å². The van der Waals surface area contributed by atoms with Crippen LogP contribution in [0.25, 0.3) is 0 Å². The molecule has 66 valence electrons. The topological polar surface area (TPSA) is 20.2 Å². The lowest BCUT2D eigenvalue weighted by atomic mass is 10.0. The molecule has 12 heavy (non-hydrogen) atoms. The third kappa shape index (κ3) is 2.67. The van der Waals surface area contributed by atoms with Gasteiger partial charge in [-0.3, -0.25) is 0 Å². The van der Waals surface area contributed by atoms with Crippen LogP contribution in [-0.4, -0.2) is 11.2 Å². The summed E-state index contributed by atoms with van der Waals surface area (Å²) in [6.07, 6.45) is 1.64. The van der Waals surface area contributed by atoms with Crippen molar-refractivity contribution in [2.24, 2.45) is 0 Å². The molecule has 1 unspecified atom stereocenters. The maximum Gasteiger partial charge on any atom is 0.0515 e. The Kier molecular flexibility index (Phi) is 3.30. The van der Waals surface area contributed by atoms with E-state index in [1.54, 1.807) is 0 Å². The number of aliphatic hydroxyl groups excluding tert-OH is 1. The van der Waals surface area contributed by atoms with E-state index in [4.69, 9.17) is 5.11 Å². The van der Waals surface area contributed by atoms with E-state index in [0.29, 0.717) is 0 Å². The molecule has 1 N–H and O–H groups in total. The first kappa shape index (κ1) is 9.27. The zero-order valence-corrected chi connectivity index (χ0v) is 7.75. The SMILES string of the molecule is Cc1ccccc1CCC(C)O. The number of benzene rings is 1. The Balaban J connectivity index is 2.57. The average Bonchev–Trinajstić information content (AvgIpc) is 2.03. The predicted octanol–water partition coefficient (Wildman–Crippen LogP) is 2.31. The zero-order chi connectivity index (χ0) is 8.97. The van der Waals surface area contributed by atoms with Crippen LogP contribution < -0.4 is 0 Å². The molecule has 1 rings (SSSR count). The largest absolute Gasteiger partial charge is 0.393 e. The van der Waals surface area contributed by atoms with Crippen LogP contribution in [0.4, 0.5) is 0 Å². The molecule has 0 aliphatic carbocycles. The van der Waals surface area contributed by atoms with Crippen LogP contribution in [0.5, 0.6) is 0 Å². The summed E-state index contributed by atoms with van der Waals surface area (Å²) in [7, 11) is 0. The van der Waals surface area contributed by atoms with E-state index in [1.807, 2.05) is 19.1 Å². The van der Waals surface area contributed by atoms with Crippen molar-refractivity contribution >= 4 is 0 Å². The van der Waals surface area contributed by atoms with Crippen molar-refractivity contribution < 1.29 is 5.11 Å². The van der Waals surface area contributed by atoms with Gasteiger partial charge in [0.2, 0.25) is 0 Å². The predicted molar refractivity (Wildman–Crippen MR) is 51.2 cm³/mol. The van der Waals surface area contributed by atoms with Gasteiger partial charge in [0.25, 0.3) is 0 Å². The van der Waals surface area contributed by atoms with Crippen LogP contribution >= 0.6 is 0 Å². The number of rotatable bonds is 3. The molecule has 0 aromatic heterocycles. The van der Waals surface area contributed by atoms with Crippen LogP contribution in [0.3, 0.4) is 0 Å². The summed E-state index contributed by atoms with van der Waals surface area (Å²) in [6, 6.07) is 8.32. The first-order valence-corrected chi connectivity index (χ1v) is 4.42. The van der Waals surface area contributed by atoms with Crippen molar-refractivity contribution in [1.82, 2.24) is 0 Å². The van der Waals surface area contributed by atoms with Crippen LogP contribution in [0.1, 0.15) is 24.5 Å². The molecule has 0 saturated heterocycles. The van der Waals surface area contributed by atoms with Gasteiger partial charge < -0.3 is 5.11 Å². The molecule has 0 aliphatic rings. The van der Waals surface area contributed by atoms with Gasteiger partial charge in [-0.25, -0.2) is 0 Å². The van der Waals surface area contributed by atoms with Gasteiger partial charge in [-0.15, -0.1) is 0 Å². The number of hydrogen-bond donors (Lipinski definition) is 1. The molecule has 1 nitrogen and oxygen atoms in total. The molecule has 1 aromatic carbocycles. The lowest BCUT2D eigenvalue weighted by Crippen LogP contribution is -2.02. The molecule has 1 aromatic rings. The minimum absolute atomic E-state index is 0.190. The van der Waals surface area contributed by atoms with E-state index in [1.165, 1.54) is 11.1 Å². The van der Waals surface area contributed by atoms with E-state index >= 15 is 0 Å². The summed E-state index contributed by atoms with van der Waals surface area (Å²) in [5.41, 5.74) is 2.66. The Morgan fingerprint density at radius 2 is 2.00 bits per heavy atom. The van der Waals surface area contributed by atoms with Crippen molar-refractivity contribution in [3.8, 4) is 0 Å². The fraction of sp³-hybridized carbons (Fsp3) is 0.455. The van der Waals surface area contributed by atoms with E-state index in [2.05, 4.69) is 19.1 Å². The Morgan fingerprint density at radius 1 is 1.33 bits per heavy atom. The van der Waals surface area contributed by atoms with Crippen molar-refractivity contribution in [2.75, 3.05) is 0 Å². The van der Waals surface area contributed by atoms with Crippen molar-refractivity contribution in [3.05, 3.63) is 35.4 Å². The summed E-state index contributed by atoms with van der Waals surface area (Å²) in [6.45, 7) is 3.94. The second kappa shape index (κ2) is 4.27. The fourth-order valence-corrected chi connectivity index (χ4v) is 1.25. The van der Waals surface area contributed by atoms with Gasteiger partial charge >= 0.3 is 0 Å². The van der Waals surface area contributed by atoms with Gasteiger partial charge in [0.1, 0.15) is 0 Å². The van der Waals surface area contributed by atoms with E-state index < -0.39 is 0 Å². The van der Waals surface area contributed by atoms with Crippen LogP contribution in [0, 0.1) is 6.92 Å². The molecule has 0 saturated carbocycles. The van der Waals surface area contributed by atoms with Crippen LogP contribution in [0.2, 0.25) is 0 Å². The lowest BCUT2D eigenvalue weighted by Gasteiger charge is -2.06. The Hall–Kier alpha value is -0.820. The number of hydrogen-bond acceptors (Lipinski definition) is 1. The quantitative estimate of drug-likeness (QED) is 0.726. The smallest absolute Gasteiger partial charge is 0.0515 e. The van der Waals surface area contributed by atoms with Crippen molar-refractivity contribution in [1.29, 1.82) is 0 Å². The second-order valence-corrected chi connectivity index (χ2v) is 3.31. The summed E-state index contributed by atoms with van der Waals surface area (Å²) in [4.78, 5) is 0. The minimum atomic E-state index is -0.190. The third-order valence-electron chi connectivity index (χ3n) is 2.09. The summed E-state index contributed by atoms with van der Waals surface area (Å²) in [5, 5.41) is 9.10. The summed E-state index contributed by atoms with van der Waals surface area (Å²) >= 11 is 0. The second-order valence-electron chi connectivity index (χ2n) is 3.31. The van der Waals surface area contributed by atoms with Crippen molar-refractivity contribution in [2.45, 2.75) is 32.8 Å². The highest BCUT2D eigenvalue weighted by Crippen LogP contribution is 2.10. The molecule has 0 radical (unpaired) electrons. The molecular weight excluding hydrogens is 148 g/mol.